The number of benzene rings is 2. The Morgan fingerprint density at radius 2 is 1.03 bits per heavy atom. The van der Waals surface area contributed by atoms with E-state index in [1.165, 1.54) is 0 Å². The van der Waals surface area contributed by atoms with Gasteiger partial charge in [-0.1, -0.05) is 88.1 Å². The molecule has 2 aliphatic rings. The molecule has 2 aromatic carbocycles. The lowest BCUT2D eigenvalue weighted by molar-refractivity contribution is 0.0428. The molecule has 0 unspecified atom stereocenters. The van der Waals surface area contributed by atoms with Crippen LogP contribution in [-0.4, -0.2) is 21.8 Å². The Kier molecular flexibility index (Phi) is 5.25. The van der Waals surface area contributed by atoms with Crippen molar-refractivity contribution in [3.05, 3.63) is 81.9 Å². The molecule has 0 aromatic heterocycles. The van der Waals surface area contributed by atoms with Crippen LogP contribution in [0.5, 0.6) is 0 Å². The maximum Gasteiger partial charge on any atom is 0.193 e. The van der Waals surface area contributed by atoms with Crippen LogP contribution in [0.25, 0.3) is 0 Å². The Labute approximate surface area is 177 Å². The first kappa shape index (κ1) is 20.7. The summed E-state index contributed by atoms with van der Waals surface area (Å²) in [5.41, 5.74) is -1.11. The summed E-state index contributed by atoms with van der Waals surface area (Å²) < 4.78 is 0. The van der Waals surface area contributed by atoms with Crippen LogP contribution in [0.15, 0.2) is 59.7 Å². The van der Waals surface area contributed by atoms with E-state index < -0.39 is 11.2 Å². The minimum atomic E-state index is -1.57. The standard InChI is InChI=1S/C26H28O4/c1-3-5-15-25(29)19-13-9-7-11-17(19)23(27)21(25)22-24(28)18-12-8-10-14-20(18)26(22,30)16-6-4-2/h7-14,29-30H,3-6,15-16H2,1-2H3/b22-21+/t25-,26+. The Bertz CT molecular complexity index is 967. The molecule has 30 heavy (non-hydrogen) atoms. The third-order valence-electron chi connectivity index (χ3n) is 6.55. The highest BCUT2D eigenvalue weighted by molar-refractivity contribution is 6.24. The van der Waals surface area contributed by atoms with Crippen molar-refractivity contribution in [1.29, 1.82) is 0 Å². The molecule has 0 fully saturated rings. The number of unbranched alkanes of at least 4 members (excludes halogenated alkanes) is 2. The Balaban J connectivity index is 2.02. The van der Waals surface area contributed by atoms with Gasteiger partial charge in [-0.05, 0) is 24.0 Å². The molecule has 4 rings (SSSR count). The number of aliphatic hydroxyl groups is 2. The number of hydrogen-bond donors (Lipinski definition) is 2. The lowest BCUT2D eigenvalue weighted by Gasteiger charge is -2.31. The molecule has 2 aliphatic carbocycles. The first-order valence-electron chi connectivity index (χ1n) is 10.9. The number of ketones is 2. The van der Waals surface area contributed by atoms with Gasteiger partial charge in [-0.15, -0.1) is 0 Å². The third kappa shape index (κ3) is 2.82. The Morgan fingerprint density at radius 3 is 1.40 bits per heavy atom. The molecule has 2 N–H and O–H groups in total. The minimum Gasteiger partial charge on any atom is -0.380 e. The Morgan fingerprint density at radius 1 is 0.667 bits per heavy atom. The SMILES string of the molecule is CCCC[C@@]1(O)/C(=C2\C(=O)c3ccccc3[C@]2(O)CCCC)C(=O)c2ccccc21. The van der Waals surface area contributed by atoms with Gasteiger partial charge in [0.15, 0.2) is 11.6 Å². The lowest BCUT2D eigenvalue weighted by atomic mass is 9.77. The summed E-state index contributed by atoms with van der Waals surface area (Å²) in [5, 5.41) is 23.8. The summed E-state index contributed by atoms with van der Waals surface area (Å²) in [6.07, 6.45) is 3.75. The predicted molar refractivity (Wildman–Crippen MR) is 115 cm³/mol. The van der Waals surface area contributed by atoms with Gasteiger partial charge < -0.3 is 10.2 Å². The molecule has 0 saturated carbocycles. The molecule has 0 amide bonds. The maximum absolute atomic E-state index is 13.5. The lowest BCUT2D eigenvalue weighted by Crippen LogP contribution is -2.34. The van der Waals surface area contributed by atoms with Crippen molar-refractivity contribution in [2.24, 2.45) is 0 Å². The van der Waals surface area contributed by atoms with Crippen LogP contribution < -0.4 is 0 Å². The van der Waals surface area contributed by atoms with Gasteiger partial charge in [0, 0.05) is 22.3 Å². The molecule has 0 radical (unpaired) electrons. The number of carbonyl (C=O) groups is 2. The van der Waals surface area contributed by atoms with Crippen LogP contribution in [0.2, 0.25) is 0 Å². The zero-order valence-corrected chi connectivity index (χ0v) is 17.6. The molecule has 4 nitrogen and oxygen atoms in total. The van der Waals surface area contributed by atoms with Crippen molar-refractivity contribution in [2.75, 3.05) is 0 Å². The summed E-state index contributed by atoms with van der Waals surface area (Å²) in [4.78, 5) is 27.1. The highest BCUT2D eigenvalue weighted by Gasteiger charge is 2.55. The number of carbonyl (C=O) groups excluding carboxylic acids is 2. The summed E-state index contributed by atoms with van der Waals surface area (Å²) in [6, 6.07) is 14.0. The van der Waals surface area contributed by atoms with E-state index >= 15 is 0 Å². The summed E-state index contributed by atoms with van der Waals surface area (Å²) in [7, 11) is 0. The monoisotopic (exact) mass is 404 g/mol. The number of hydrogen-bond acceptors (Lipinski definition) is 4. The molecule has 2 atom stereocenters. The van der Waals surface area contributed by atoms with Crippen LogP contribution in [0, 0.1) is 0 Å². The van der Waals surface area contributed by atoms with Gasteiger partial charge in [0.1, 0.15) is 11.2 Å². The van der Waals surface area contributed by atoms with E-state index in [0.29, 0.717) is 47.9 Å². The largest absolute Gasteiger partial charge is 0.380 e. The van der Waals surface area contributed by atoms with Crippen LogP contribution in [0.3, 0.4) is 0 Å². The van der Waals surface area contributed by atoms with E-state index in [4.69, 9.17) is 0 Å². The second kappa shape index (κ2) is 7.60. The molecule has 0 bridgehead atoms. The van der Waals surface area contributed by atoms with Gasteiger partial charge in [-0.2, -0.15) is 0 Å². The third-order valence-corrected chi connectivity index (χ3v) is 6.55. The van der Waals surface area contributed by atoms with Crippen LogP contribution in [0.4, 0.5) is 0 Å². The summed E-state index contributed by atoms with van der Waals surface area (Å²) >= 11 is 0. The van der Waals surface area contributed by atoms with Crippen molar-refractivity contribution >= 4 is 11.6 Å². The van der Waals surface area contributed by atoms with Crippen molar-refractivity contribution < 1.29 is 19.8 Å². The van der Waals surface area contributed by atoms with Crippen LogP contribution in [-0.2, 0) is 11.2 Å². The van der Waals surface area contributed by atoms with Gasteiger partial charge in [0.05, 0.1) is 0 Å². The first-order chi connectivity index (χ1) is 14.4. The molecule has 4 heteroatoms. The van der Waals surface area contributed by atoms with Gasteiger partial charge >= 0.3 is 0 Å². The number of fused-ring (bicyclic) bond motifs is 2. The summed E-state index contributed by atoms with van der Waals surface area (Å²) in [5.74, 6) is -0.703. The van der Waals surface area contributed by atoms with Crippen LogP contribution >= 0.6 is 0 Å². The fraction of sp³-hybridized carbons (Fsp3) is 0.385. The van der Waals surface area contributed by atoms with Gasteiger partial charge in [-0.25, -0.2) is 0 Å². The van der Waals surface area contributed by atoms with Gasteiger partial charge in [-0.3, -0.25) is 9.59 Å². The second-order valence-corrected chi connectivity index (χ2v) is 8.43. The fourth-order valence-electron chi connectivity index (χ4n) is 5.02. The Hall–Kier alpha value is -2.56. The van der Waals surface area contributed by atoms with E-state index in [2.05, 4.69) is 0 Å². The normalized spacial score (nSPS) is 27.5. The predicted octanol–water partition coefficient (Wildman–Crippen LogP) is 4.83. The topological polar surface area (TPSA) is 74.6 Å². The smallest absolute Gasteiger partial charge is 0.193 e. The molecule has 0 saturated heterocycles. The minimum absolute atomic E-state index is 0.0666. The number of rotatable bonds is 6. The number of Topliss-reactive ketones (excluding diaryl/α,β-unsaturated/α-hetero) is 2. The molecule has 156 valence electrons. The quantitative estimate of drug-likeness (QED) is 0.676. The van der Waals surface area contributed by atoms with E-state index in [-0.39, 0.29) is 22.7 Å². The maximum atomic E-state index is 13.5. The van der Waals surface area contributed by atoms with Crippen molar-refractivity contribution in [2.45, 2.75) is 63.6 Å². The van der Waals surface area contributed by atoms with Crippen molar-refractivity contribution in [1.82, 2.24) is 0 Å². The molecular formula is C26H28O4. The van der Waals surface area contributed by atoms with Crippen molar-refractivity contribution in [3.63, 3.8) is 0 Å². The molecule has 2 aromatic rings. The van der Waals surface area contributed by atoms with E-state index in [9.17, 15) is 19.8 Å². The highest BCUT2D eigenvalue weighted by atomic mass is 16.3. The molecule has 0 spiro atoms. The van der Waals surface area contributed by atoms with Crippen LogP contribution in [0.1, 0.15) is 84.2 Å². The van der Waals surface area contributed by atoms with E-state index in [0.717, 1.165) is 12.8 Å². The summed E-state index contributed by atoms with van der Waals surface area (Å²) in [6.45, 7) is 4.04. The van der Waals surface area contributed by atoms with E-state index in [1.807, 2.05) is 13.8 Å². The van der Waals surface area contributed by atoms with Gasteiger partial charge in [0.2, 0.25) is 0 Å². The van der Waals surface area contributed by atoms with E-state index in [1.54, 1.807) is 48.5 Å². The molecule has 0 heterocycles. The second-order valence-electron chi connectivity index (χ2n) is 8.43. The average molecular weight is 405 g/mol. The highest BCUT2D eigenvalue weighted by Crippen LogP contribution is 2.53. The zero-order valence-electron chi connectivity index (χ0n) is 17.6. The van der Waals surface area contributed by atoms with Crippen molar-refractivity contribution in [3.8, 4) is 0 Å². The molecule has 0 aliphatic heterocycles. The zero-order chi connectivity index (χ0) is 21.5. The first-order valence-corrected chi connectivity index (χ1v) is 10.9. The average Bonchev–Trinajstić information content (AvgIpc) is 3.11. The fourth-order valence-corrected chi connectivity index (χ4v) is 5.02. The molecular weight excluding hydrogens is 376 g/mol. The van der Waals surface area contributed by atoms with Gasteiger partial charge in [0.25, 0.3) is 0 Å².